The number of rotatable bonds is 5. The highest BCUT2D eigenvalue weighted by Gasteiger charge is 2.31. The Morgan fingerprint density at radius 2 is 2.05 bits per heavy atom. The fourth-order valence-electron chi connectivity index (χ4n) is 2.59. The SMILES string of the molecule is CC(NC(=O)CN1CCCC1C(=O)O)c1ccccc1.Cl. The average molecular weight is 313 g/mol. The second-order valence-electron chi connectivity index (χ2n) is 5.17. The van der Waals surface area contributed by atoms with Crippen molar-refractivity contribution < 1.29 is 14.7 Å². The molecule has 1 heterocycles. The molecule has 1 aliphatic heterocycles. The minimum Gasteiger partial charge on any atom is -0.480 e. The summed E-state index contributed by atoms with van der Waals surface area (Å²) in [6, 6.07) is 9.11. The molecular weight excluding hydrogens is 292 g/mol. The third kappa shape index (κ3) is 4.72. The lowest BCUT2D eigenvalue weighted by molar-refractivity contribution is -0.142. The van der Waals surface area contributed by atoms with Crippen molar-refractivity contribution in [1.29, 1.82) is 0 Å². The summed E-state index contributed by atoms with van der Waals surface area (Å²) in [7, 11) is 0. The van der Waals surface area contributed by atoms with E-state index in [1.165, 1.54) is 0 Å². The quantitative estimate of drug-likeness (QED) is 0.870. The summed E-state index contributed by atoms with van der Waals surface area (Å²) in [5.74, 6) is -0.971. The molecular formula is C15H21ClN2O3. The number of aliphatic carboxylic acids is 1. The number of benzene rings is 1. The first-order valence-corrected chi connectivity index (χ1v) is 6.89. The molecule has 0 aliphatic carbocycles. The minimum atomic E-state index is -0.841. The van der Waals surface area contributed by atoms with Gasteiger partial charge in [-0.2, -0.15) is 0 Å². The van der Waals surface area contributed by atoms with Gasteiger partial charge in [0.25, 0.3) is 0 Å². The highest BCUT2D eigenvalue weighted by atomic mass is 35.5. The third-order valence-electron chi connectivity index (χ3n) is 3.67. The molecule has 0 radical (unpaired) electrons. The molecule has 2 N–H and O–H groups in total. The Kier molecular flexibility index (Phi) is 6.65. The molecule has 1 aromatic carbocycles. The van der Waals surface area contributed by atoms with Crippen molar-refractivity contribution in [3.63, 3.8) is 0 Å². The van der Waals surface area contributed by atoms with Crippen LogP contribution in [0.3, 0.4) is 0 Å². The Morgan fingerprint density at radius 1 is 1.38 bits per heavy atom. The van der Waals surface area contributed by atoms with E-state index in [0.29, 0.717) is 13.0 Å². The molecule has 1 aromatic rings. The summed E-state index contributed by atoms with van der Waals surface area (Å²) in [6.07, 6.45) is 1.45. The second-order valence-corrected chi connectivity index (χ2v) is 5.17. The molecule has 1 aliphatic rings. The Bertz CT molecular complexity index is 481. The van der Waals surface area contributed by atoms with Crippen molar-refractivity contribution >= 4 is 24.3 Å². The zero-order valence-electron chi connectivity index (χ0n) is 12.0. The van der Waals surface area contributed by atoms with Crippen LogP contribution in [0.5, 0.6) is 0 Å². The largest absolute Gasteiger partial charge is 0.480 e. The first-order chi connectivity index (χ1) is 9.58. The van der Waals surface area contributed by atoms with E-state index >= 15 is 0 Å². The summed E-state index contributed by atoms with van der Waals surface area (Å²) in [5.41, 5.74) is 1.04. The van der Waals surface area contributed by atoms with Crippen molar-refractivity contribution in [1.82, 2.24) is 10.2 Å². The number of nitrogens with one attached hydrogen (secondary N) is 1. The van der Waals surface area contributed by atoms with E-state index in [1.54, 1.807) is 4.90 Å². The van der Waals surface area contributed by atoms with Gasteiger partial charge in [-0.25, -0.2) is 0 Å². The van der Waals surface area contributed by atoms with Crippen molar-refractivity contribution in [3.8, 4) is 0 Å². The maximum atomic E-state index is 12.0. The molecule has 0 saturated carbocycles. The number of amides is 1. The van der Waals surface area contributed by atoms with E-state index in [0.717, 1.165) is 12.0 Å². The highest BCUT2D eigenvalue weighted by molar-refractivity contribution is 5.85. The first-order valence-electron chi connectivity index (χ1n) is 6.89. The minimum absolute atomic E-state index is 0. The van der Waals surface area contributed by atoms with E-state index in [4.69, 9.17) is 5.11 Å². The summed E-state index contributed by atoms with van der Waals surface area (Å²) in [4.78, 5) is 24.8. The number of likely N-dealkylation sites (tertiary alicyclic amines) is 1. The summed E-state index contributed by atoms with van der Waals surface area (Å²) >= 11 is 0. The van der Waals surface area contributed by atoms with Crippen LogP contribution < -0.4 is 5.32 Å². The van der Waals surface area contributed by atoms with Crippen LogP contribution in [0.4, 0.5) is 0 Å². The smallest absolute Gasteiger partial charge is 0.320 e. The maximum absolute atomic E-state index is 12.0. The van der Waals surface area contributed by atoms with E-state index in [1.807, 2.05) is 37.3 Å². The standard InChI is InChI=1S/C15H20N2O3.ClH/c1-11(12-6-3-2-4-7-12)16-14(18)10-17-9-5-8-13(17)15(19)20;/h2-4,6-7,11,13H,5,8-10H2,1H3,(H,16,18)(H,19,20);1H. The van der Waals surface area contributed by atoms with Gasteiger partial charge in [-0.15, -0.1) is 12.4 Å². The van der Waals surface area contributed by atoms with Crippen LogP contribution >= 0.6 is 12.4 Å². The fourth-order valence-corrected chi connectivity index (χ4v) is 2.59. The Hall–Kier alpha value is -1.59. The number of carbonyl (C=O) groups excluding carboxylic acids is 1. The fraction of sp³-hybridized carbons (Fsp3) is 0.467. The number of nitrogens with zero attached hydrogens (tertiary/aromatic N) is 1. The van der Waals surface area contributed by atoms with Gasteiger partial charge in [-0.3, -0.25) is 14.5 Å². The number of halogens is 1. The average Bonchev–Trinajstić information content (AvgIpc) is 2.87. The molecule has 21 heavy (non-hydrogen) atoms. The molecule has 0 spiro atoms. The molecule has 2 atom stereocenters. The van der Waals surface area contributed by atoms with Gasteiger partial charge in [0.1, 0.15) is 6.04 Å². The van der Waals surface area contributed by atoms with Crippen molar-refractivity contribution in [2.24, 2.45) is 0 Å². The van der Waals surface area contributed by atoms with Crippen LogP contribution in [0.2, 0.25) is 0 Å². The van der Waals surface area contributed by atoms with Gasteiger partial charge in [0, 0.05) is 0 Å². The van der Waals surface area contributed by atoms with Crippen molar-refractivity contribution in [2.75, 3.05) is 13.1 Å². The van der Waals surface area contributed by atoms with Gasteiger partial charge in [-0.1, -0.05) is 30.3 Å². The van der Waals surface area contributed by atoms with Crippen LogP contribution in [0, 0.1) is 0 Å². The van der Waals surface area contributed by atoms with Crippen molar-refractivity contribution in [2.45, 2.75) is 31.8 Å². The van der Waals surface area contributed by atoms with E-state index in [2.05, 4.69) is 5.32 Å². The van der Waals surface area contributed by atoms with E-state index in [9.17, 15) is 9.59 Å². The molecule has 0 bridgehead atoms. The van der Waals surface area contributed by atoms with Gasteiger partial charge < -0.3 is 10.4 Å². The number of hydrogen-bond acceptors (Lipinski definition) is 3. The van der Waals surface area contributed by atoms with Gasteiger partial charge in [0.2, 0.25) is 5.91 Å². The predicted octanol–water partition coefficient (Wildman–Crippen LogP) is 1.83. The van der Waals surface area contributed by atoms with Crippen LogP contribution in [0.15, 0.2) is 30.3 Å². The number of carboxylic acid groups (broad SMARTS) is 1. The maximum Gasteiger partial charge on any atom is 0.320 e. The lowest BCUT2D eigenvalue weighted by Crippen LogP contribution is -2.43. The Morgan fingerprint density at radius 3 is 2.67 bits per heavy atom. The molecule has 1 amide bonds. The van der Waals surface area contributed by atoms with Crippen molar-refractivity contribution in [3.05, 3.63) is 35.9 Å². The molecule has 0 aromatic heterocycles. The number of carbonyl (C=O) groups is 2. The Balaban J connectivity index is 0.00000220. The van der Waals surface area contributed by atoms with Gasteiger partial charge in [0.05, 0.1) is 12.6 Å². The number of carboxylic acids is 1. The zero-order valence-corrected chi connectivity index (χ0v) is 12.8. The topological polar surface area (TPSA) is 69.6 Å². The molecule has 2 rings (SSSR count). The van der Waals surface area contributed by atoms with Crippen LogP contribution in [0.25, 0.3) is 0 Å². The van der Waals surface area contributed by atoms with Crippen LogP contribution in [0.1, 0.15) is 31.4 Å². The van der Waals surface area contributed by atoms with Gasteiger partial charge >= 0.3 is 5.97 Å². The number of hydrogen-bond donors (Lipinski definition) is 2. The predicted molar refractivity (Wildman–Crippen MR) is 82.5 cm³/mol. The molecule has 1 fully saturated rings. The van der Waals surface area contributed by atoms with E-state index in [-0.39, 0.29) is 30.9 Å². The van der Waals surface area contributed by atoms with Gasteiger partial charge in [-0.05, 0) is 31.9 Å². The monoisotopic (exact) mass is 312 g/mol. The van der Waals surface area contributed by atoms with Gasteiger partial charge in [0.15, 0.2) is 0 Å². The molecule has 116 valence electrons. The normalized spacial score (nSPS) is 19.6. The summed E-state index contributed by atoms with van der Waals surface area (Å²) in [6.45, 7) is 2.74. The lowest BCUT2D eigenvalue weighted by atomic mass is 10.1. The summed E-state index contributed by atoms with van der Waals surface area (Å²) in [5, 5.41) is 12.0. The second kappa shape index (κ2) is 8.00. The van der Waals surface area contributed by atoms with Crippen LogP contribution in [-0.2, 0) is 9.59 Å². The Labute approximate surface area is 130 Å². The molecule has 1 saturated heterocycles. The highest BCUT2D eigenvalue weighted by Crippen LogP contribution is 2.17. The third-order valence-corrected chi connectivity index (χ3v) is 3.67. The summed E-state index contributed by atoms with van der Waals surface area (Å²) < 4.78 is 0. The first kappa shape index (κ1) is 17.5. The van der Waals surface area contributed by atoms with E-state index < -0.39 is 12.0 Å². The lowest BCUT2D eigenvalue weighted by Gasteiger charge is -2.22. The molecule has 2 unspecified atom stereocenters. The van der Waals surface area contributed by atoms with Crippen LogP contribution in [-0.4, -0.2) is 41.0 Å². The molecule has 6 heteroatoms. The molecule has 5 nitrogen and oxygen atoms in total. The zero-order chi connectivity index (χ0) is 14.5.